The maximum atomic E-state index is 12.9. The lowest BCUT2D eigenvalue weighted by atomic mass is 10.1. The monoisotopic (exact) mass is 395 g/mol. The Morgan fingerprint density at radius 1 is 1.17 bits per heavy atom. The average Bonchev–Trinajstić information content (AvgIpc) is 3.35. The Bertz CT molecular complexity index is 1090. The van der Waals surface area contributed by atoms with Crippen molar-refractivity contribution in [3.05, 3.63) is 64.9 Å². The van der Waals surface area contributed by atoms with Crippen LogP contribution in [-0.2, 0) is 7.05 Å². The van der Waals surface area contributed by atoms with Crippen molar-refractivity contribution >= 4 is 11.8 Å². The number of aromatic nitrogens is 3. The molecule has 29 heavy (non-hydrogen) atoms. The number of carbonyl (C=O) groups is 2. The van der Waals surface area contributed by atoms with Gasteiger partial charge in [0.1, 0.15) is 6.26 Å². The molecule has 1 N–H and O–H groups in total. The van der Waals surface area contributed by atoms with Gasteiger partial charge in [0.25, 0.3) is 11.8 Å². The van der Waals surface area contributed by atoms with E-state index in [1.54, 1.807) is 58.1 Å². The highest BCUT2D eigenvalue weighted by Gasteiger charge is 2.32. The van der Waals surface area contributed by atoms with Gasteiger partial charge in [0, 0.05) is 56.2 Å². The molecule has 9 nitrogen and oxygen atoms in total. The summed E-state index contributed by atoms with van der Waals surface area (Å²) < 4.78 is 6.44. The number of nitrogens with one attached hydrogen (secondary N) is 1. The van der Waals surface area contributed by atoms with Crippen LogP contribution in [0.3, 0.4) is 0 Å². The van der Waals surface area contributed by atoms with E-state index in [2.05, 4.69) is 9.97 Å². The summed E-state index contributed by atoms with van der Waals surface area (Å²) >= 11 is 0. The SMILES string of the molecule is C[C@H]1CN(C(=O)c2ccc(-c3coc(=O)[nH]3)cc2)CCN1C(=O)c1nccn1C. The minimum atomic E-state index is -0.521. The van der Waals surface area contributed by atoms with E-state index in [-0.39, 0.29) is 17.9 Å². The second kappa shape index (κ2) is 7.42. The number of rotatable bonds is 3. The molecule has 0 unspecified atom stereocenters. The molecule has 1 fully saturated rings. The van der Waals surface area contributed by atoms with Crippen molar-refractivity contribution in [1.29, 1.82) is 0 Å². The van der Waals surface area contributed by atoms with Crippen molar-refractivity contribution in [3.63, 3.8) is 0 Å². The predicted molar refractivity (Wildman–Crippen MR) is 104 cm³/mol. The highest BCUT2D eigenvalue weighted by atomic mass is 16.4. The highest BCUT2D eigenvalue weighted by Crippen LogP contribution is 2.19. The number of H-pyrrole nitrogens is 1. The summed E-state index contributed by atoms with van der Waals surface area (Å²) in [5, 5.41) is 0. The lowest BCUT2D eigenvalue weighted by Gasteiger charge is -2.39. The van der Waals surface area contributed by atoms with Gasteiger partial charge < -0.3 is 18.8 Å². The number of benzene rings is 1. The maximum Gasteiger partial charge on any atom is 0.416 e. The fourth-order valence-electron chi connectivity index (χ4n) is 3.54. The first kappa shape index (κ1) is 18.7. The smallest absolute Gasteiger partial charge is 0.416 e. The van der Waals surface area contributed by atoms with Gasteiger partial charge in [0.2, 0.25) is 0 Å². The fraction of sp³-hybridized carbons (Fsp3) is 0.300. The number of amides is 2. The minimum Gasteiger partial charge on any atom is -0.416 e. The number of hydrogen-bond donors (Lipinski definition) is 1. The molecule has 1 aliphatic heterocycles. The molecule has 1 atom stereocenters. The van der Waals surface area contributed by atoms with Crippen LogP contribution in [0.25, 0.3) is 11.3 Å². The van der Waals surface area contributed by atoms with Gasteiger partial charge in [-0.2, -0.15) is 0 Å². The molecule has 0 bridgehead atoms. The van der Waals surface area contributed by atoms with Crippen LogP contribution in [0.2, 0.25) is 0 Å². The van der Waals surface area contributed by atoms with Crippen molar-refractivity contribution < 1.29 is 14.0 Å². The molecule has 150 valence electrons. The van der Waals surface area contributed by atoms with Crippen LogP contribution in [0, 0.1) is 0 Å². The zero-order valence-corrected chi connectivity index (χ0v) is 16.2. The van der Waals surface area contributed by atoms with Crippen molar-refractivity contribution in [2.45, 2.75) is 13.0 Å². The van der Waals surface area contributed by atoms with Crippen LogP contribution in [-0.4, -0.2) is 61.8 Å². The summed E-state index contributed by atoms with van der Waals surface area (Å²) in [6, 6.07) is 6.85. The van der Waals surface area contributed by atoms with Gasteiger partial charge in [-0.1, -0.05) is 12.1 Å². The zero-order chi connectivity index (χ0) is 20.5. The third-order valence-corrected chi connectivity index (χ3v) is 5.15. The fourth-order valence-corrected chi connectivity index (χ4v) is 3.54. The van der Waals surface area contributed by atoms with E-state index in [0.717, 1.165) is 5.56 Å². The summed E-state index contributed by atoms with van der Waals surface area (Å²) in [6.45, 7) is 3.29. The van der Waals surface area contributed by atoms with Crippen LogP contribution < -0.4 is 5.76 Å². The Balaban J connectivity index is 1.43. The van der Waals surface area contributed by atoms with Crippen LogP contribution in [0.1, 0.15) is 27.9 Å². The Morgan fingerprint density at radius 2 is 1.93 bits per heavy atom. The first-order valence-electron chi connectivity index (χ1n) is 9.30. The van der Waals surface area contributed by atoms with Gasteiger partial charge in [-0.15, -0.1) is 0 Å². The standard InChI is InChI=1S/C20H21N5O4/c1-13-11-24(9-10-25(13)19(27)17-21-7-8-23(17)2)18(26)15-5-3-14(4-6-15)16-12-29-20(28)22-16/h3-8,12-13H,9-11H2,1-2H3,(H,22,28)/t13-/m0/s1. The summed E-state index contributed by atoms with van der Waals surface area (Å²) in [7, 11) is 1.79. The Kier molecular flexibility index (Phi) is 4.79. The van der Waals surface area contributed by atoms with E-state index in [4.69, 9.17) is 4.42 Å². The van der Waals surface area contributed by atoms with Gasteiger partial charge in [-0.25, -0.2) is 9.78 Å². The largest absolute Gasteiger partial charge is 0.416 e. The van der Waals surface area contributed by atoms with Crippen molar-refractivity contribution in [2.75, 3.05) is 19.6 Å². The molecule has 3 heterocycles. The number of imidazole rings is 1. The van der Waals surface area contributed by atoms with Gasteiger partial charge in [0.15, 0.2) is 5.82 Å². The quantitative estimate of drug-likeness (QED) is 0.721. The lowest BCUT2D eigenvalue weighted by molar-refractivity contribution is 0.0405. The number of oxazole rings is 1. The molecule has 0 spiro atoms. The Morgan fingerprint density at radius 3 is 2.52 bits per heavy atom. The number of aromatic amines is 1. The molecular formula is C20H21N5O4. The van der Waals surface area contributed by atoms with Gasteiger partial charge >= 0.3 is 5.76 Å². The summed E-state index contributed by atoms with van der Waals surface area (Å²) in [6.07, 6.45) is 4.68. The molecular weight excluding hydrogens is 374 g/mol. The zero-order valence-electron chi connectivity index (χ0n) is 16.2. The van der Waals surface area contributed by atoms with Gasteiger partial charge in [-0.3, -0.25) is 14.6 Å². The lowest BCUT2D eigenvalue weighted by Crippen LogP contribution is -2.55. The van der Waals surface area contributed by atoms with Crippen LogP contribution >= 0.6 is 0 Å². The second-order valence-electron chi connectivity index (χ2n) is 7.10. The second-order valence-corrected chi connectivity index (χ2v) is 7.10. The van der Waals surface area contributed by atoms with Crippen LogP contribution in [0.15, 0.2) is 52.1 Å². The van der Waals surface area contributed by atoms with Gasteiger partial charge in [-0.05, 0) is 19.1 Å². The molecule has 1 saturated heterocycles. The number of carbonyl (C=O) groups excluding carboxylic acids is 2. The highest BCUT2D eigenvalue weighted by molar-refractivity contribution is 5.95. The molecule has 0 saturated carbocycles. The normalized spacial score (nSPS) is 16.8. The molecule has 1 aromatic carbocycles. The topological polar surface area (TPSA) is 104 Å². The molecule has 0 aliphatic carbocycles. The van der Waals surface area contributed by atoms with Crippen LogP contribution in [0.4, 0.5) is 0 Å². The first-order chi connectivity index (χ1) is 13.9. The van der Waals surface area contributed by atoms with E-state index in [0.29, 0.717) is 36.7 Å². The third-order valence-electron chi connectivity index (χ3n) is 5.15. The Hall–Kier alpha value is -3.62. The molecule has 2 amide bonds. The number of hydrogen-bond acceptors (Lipinski definition) is 5. The van der Waals surface area contributed by atoms with E-state index < -0.39 is 5.76 Å². The maximum absolute atomic E-state index is 12.9. The molecule has 9 heteroatoms. The molecule has 0 radical (unpaired) electrons. The molecule has 3 aromatic rings. The number of nitrogens with zero attached hydrogens (tertiary/aromatic N) is 4. The number of piperazine rings is 1. The van der Waals surface area contributed by atoms with E-state index in [1.165, 1.54) is 6.26 Å². The summed E-state index contributed by atoms with van der Waals surface area (Å²) in [5.74, 6) is -0.347. The van der Waals surface area contributed by atoms with Crippen molar-refractivity contribution in [2.24, 2.45) is 7.05 Å². The summed E-state index contributed by atoms with van der Waals surface area (Å²) in [4.78, 5) is 46.9. The predicted octanol–water partition coefficient (Wildman–Crippen LogP) is 1.36. The van der Waals surface area contributed by atoms with E-state index >= 15 is 0 Å². The minimum absolute atomic E-state index is 0.0897. The molecule has 1 aliphatic rings. The van der Waals surface area contributed by atoms with Gasteiger partial charge in [0.05, 0.1) is 5.69 Å². The molecule has 4 rings (SSSR count). The van der Waals surface area contributed by atoms with Crippen molar-refractivity contribution in [3.8, 4) is 11.3 Å². The number of aryl methyl sites for hydroxylation is 1. The van der Waals surface area contributed by atoms with Crippen LogP contribution in [0.5, 0.6) is 0 Å². The average molecular weight is 395 g/mol. The first-order valence-corrected chi connectivity index (χ1v) is 9.30. The summed E-state index contributed by atoms with van der Waals surface area (Å²) in [5.41, 5.74) is 1.87. The van der Waals surface area contributed by atoms with E-state index in [9.17, 15) is 14.4 Å². The third kappa shape index (κ3) is 3.58. The van der Waals surface area contributed by atoms with Crippen molar-refractivity contribution in [1.82, 2.24) is 24.3 Å². The Labute approximate surface area is 166 Å². The molecule has 2 aromatic heterocycles. The van der Waals surface area contributed by atoms with E-state index in [1.807, 2.05) is 6.92 Å².